The molecule has 0 unspecified atom stereocenters. The van der Waals surface area contributed by atoms with Crippen LogP contribution in [0.15, 0.2) is 41.4 Å². The first-order chi connectivity index (χ1) is 14.6. The highest BCUT2D eigenvalue weighted by molar-refractivity contribution is 8.18. The number of hydrogen-bond acceptors (Lipinski definition) is 7. The van der Waals surface area contributed by atoms with Crippen LogP contribution in [-0.4, -0.2) is 40.7 Å². The molecular formula is C21H22FN5O2S. The minimum atomic E-state index is -0.390. The molecule has 0 bridgehead atoms. The lowest BCUT2D eigenvalue weighted by Crippen LogP contribution is -2.38. The number of imide groups is 1. The largest absolute Gasteiger partial charge is 0.341 e. The summed E-state index contributed by atoms with van der Waals surface area (Å²) >= 11 is 0.879. The molecule has 0 spiro atoms. The maximum absolute atomic E-state index is 13.0. The van der Waals surface area contributed by atoms with Crippen LogP contribution in [-0.2, 0) is 11.3 Å². The van der Waals surface area contributed by atoms with Crippen molar-refractivity contribution in [3.05, 3.63) is 58.5 Å². The quantitative estimate of drug-likeness (QED) is 0.686. The normalized spacial score (nSPS) is 18.8. The van der Waals surface area contributed by atoms with Crippen LogP contribution in [0.4, 0.5) is 15.1 Å². The molecule has 0 saturated carbocycles. The highest BCUT2D eigenvalue weighted by Gasteiger charge is 2.25. The number of halogens is 1. The highest BCUT2D eigenvalue weighted by Crippen LogP contribution is 2.26. The van der Waals surface area contributed by atoms with Gasteiger partial charge in [0.2, 0.25) is 5.95 Å². The lowest BCUT2D eigenvalue weighted by Gasteiger charge is -2.32. The Bertz CT molecular complexity index is 958. The zero-order valence-corrected chi connectivity index (χ0v) is 17.1. The van der Waals surface area contributed by atoms with E-state index < -0.39 is 0 Å². The Morgan fingerprint density at radius 2 is 1.97 bits per heavy atom. The molecule has 2 N–H and O–H groups in total. The van der Waals surface area contributed by atoms with Gasteiger partial charge in [-0.3, -0.25) is 14.9 Å². The molecule has 1 aromatic carbocycles. The number of thioether (sulfide) groups is 1. The smallest absolute Gasteiger partial charge is 0.290 e. The van der Waals surface area contributed by atoms with Gasteiger partial charge in [-0.05, 0) is 66.9 Å². The summed E-state index contributed by atoms with van der Waals surface area (Å²) in [4.78, 5) is 34.4. The molecule has 2 fully saturated rings. The van der Waals surface area contributed by atoms with Crippen LogP contribution in [0.1, 0.15) is 24.1 Å². The Labute approximate surface area is 178 Å². The minimum absolute atomic E-state index is 0.215. The van der Waals surface area contributed by atoms with Gasteiger partial charge in [0, 0.05) is 25.8 Å². The summed E-state index contributed by atoms with van der Waals surface area (Å²) < 4.78 is 13.0. The van der Waals surface area contributed by atoms with Gasteiger partial charge in [0.1, 0.15) is 5.82 Å². The zero-order chi connectivity index (χ0) is 20.9. The van der Waals surface area contributed by atoms with Gasteiger partial charge in [-0.25, -0.2) is 14.4 Å². The number of amides is 2. The van der Waals surface area contributed by atoms with Crippen molar-refractivity contribution < 1.29 is 14.0 Å². The fourth-order valence-electron chi connectivity index (χ4n) is 3.51. The number of nitrogens with zero attached hydrogens (tertiary/aromatic N) is 3. The Balaban J connectivity index is 1.28. The summed E-state index contributed by atoms with van der Waals surface area (Å²) in [7, 11) is 0. The van der Waals surface area contributed by atoms with Crippen molar-refractivity contribution in [3.8, 4) is 0 Å². The third-order valence-electron chi connectivity index (χ3n) is 5.16. The van der Waals surface area contributed by atoms with Crippen LogP contribution in [0.2, 0.25) is 0 Å². The summed E-state index contributed by atoms with van der Waals surface area (Å²) in [5.74, 6) is 0.597. The molecule has 2 saturated heterocycles. The van der Waals surface area contributed by atoms with Gasteiger partial charge in [0.05, 0.1) is 10.6 Å². The fraction of sp³-hybridized carbons (Fsp3) is 0.333. The van der Waals surface area contributed by atoms with E-state index in [1.54, 1.807) is 30.5 Å². The Hall–Kier alpha value is -2.78. The maximum Gasteiger partial charge on any atom is 0.290 e. The molecule has 2 aliphatic heterocycles. The van der Waals surface area contributed by atoms with E-state index in [2.05, 4.69) is 25.5 Å². The number of nitrogens with one attached hydrogen (secondary N) is 2. The van der Waals surface area contributed by atoms with E-state index in [1.807, 2.05) is 0 Å². The second-order valence-corrected chi connectivity index (χ2v) is 8.34. The molecule has 9 heteroatoms. The number of hydrogen-bond donors (Lipinski definition) is 2. The predicted molar refractivity (Wildman–Crippen MR) is 114 cm³/mol. The second kappa shape index (κ2) is 9.36. The average Bonchev–Trinajstić information content (AvgIpc) is 3.07. The lowest BCUT2D eigenvalue weighted by atomic mass is 9.97. The molecule has 0 atom stereocenters. The Morgan fingerprint density at radius 1 is 1.20 bits per heavy atom. The lowest BCUT2D eigenvalue weighted by molar-refractivity contribution is -0.115. The monoisotopic (exact) mass is 427 g/mol. The van der Waals surface area contributed by atoms with Crippen LogP contribution in [0.3, 0.4) is 0 Å². The van der Waals surface area contributed by atoms with Crippen molar-refractivity contribution in [2.24, 2.45) is 5.92 Å². The third kappa shape index (κ3) is 5.22. The number of benzene rings is 1. The fourth-order valence-corrected chi connectivity index (χ4v) is 4.18. The molecule has 2 amide bonds. The van der Waals surface area contributed by atoms with Crippen LogP contribution in [0.5, 0.6) is 0 Å². The number of carbonyl (C=O) groups excluding carboxylic acids is 2. The number of aromatic nitrogens is 2. The highest BCUT2D eigenvalue weighted by atomic mass is 32.2. The van der Waals surface area contributed by atoms with Gasteiger partial charge in [-0.2, -0.15) is 0 Å². The van der Waals surface area contributed by atoms with Crippen molar-refractivity contribution in [1.82, 2.24) is 20.6 Å². The van der Waals surface area contributed by atoms with Gasteiger partial charge >= 0.3 is 0 Å². The molecule has 0 aliphatic carbocycles. The van der Waals surface area contributed by atoms with Crippen molar-refractivity contribution in [2.45, 2.75) is 19.4 Å². The third-order valence-corrected chi connectivity index (χ3v) is 5.97. The molecule has 3 heterocycles. The molecule has 4 rings (SSSR count). The zero-order valence-electron chi connectivity index (χ0n) is 16.3. The molecule has 7 nitrogen and oxygen atoms in total. The summed E-state index contributed by atoms with van der Waals surface area (Å²) in [6.07, 6.45) is 5.34. The SMILES string of the molecule is O=C1NC(=O)/C(=C/c2ccnc(N3CCC(CNCc4ccc(F)cc4)CC3)n2)S1. The summed E-state index contributed by atoms with van der Waals surface area (Å²) in [5, 5.41) is 5.33. The molecule has 156 valence electrons. The van der Waals surface area contributed by atoms with Gasteiger partial charge < -0.3 is 10.2 Å². The molecular weight excluding hydrogens is 405 g/mol. The molecule has 2 aromatic rings. The topological polar surface area (TPSA) is 87.2 Å². The van der Waals surface area contributed by atoms with E-state index in [0.717, 1.165) is 56.3 Å². The van der Waals surface area contributed by atoms with Crippen LogP contribution >= 0.6 is 11.8 Å². The van der Waals surface area contributed by atoms with Gasteiger partial charge in [0.15, 0.2) is 0 Å². The summed E-state index contributed by atoms with van der Waals surface area (Å²) in [6, 6.07) is 8.28. The van der Waals surface area contributed by atoms with E-state index in [-0.39, 0.29) is 17.0 Å². The van der Waals surface area contributed by atoms with Crippen LogP contribution < -0.4 is 15.5 Å². The molecule has 30 heavy (non-hydrogen) atoms. The van der Waals surface area contributed by atoms with E-state index in [0.29, 0.717) is 22.5 Å². The molecule has 0 radical (unpaired) electrons. The Morgan fingerprint density at radius 3 is 2.67 bits per heavy atom. The van der Waals surface area contributed by atoms with Crippen molar-refractivity contribution in [3.63, 3.8) is 0 Å². The molecule has 2 aliphatic rings. The van der Waals surface area contributed by atoms with Crippen molar-refractivity contribution in [2.75, 3.05) is 24.5 Å². The van der Waals surface area contributed by atoms with Gasteiger partial charge in [-0.15, -0.1) is 0 Å². The molecule has 1 aromatic heterocycles. The first-order valence-electron chi connectivity index (χ1n) is 9.85. The summed E-state index contributed by atoms with van der Waals surface area (Å²) in [6.45, 7) is 3.36. The van der Waals surface area contributed by atoms with Gasteiger partial charge in [-0.1, -0.05) is 12.1 Å². The first kappa shape index (κ1) is 20.5. The minimum Gasteiger partial charge on any atom is -0.341 e. The van der Waals surface area contributed by atoms with Crippen molar-refractivity contribution >= 4 is 34.9 Å². The van der Waals surface area contributed by atoms with Gasteiger partial charge in [0.25, 0.3) is 11.1 Å². The maximum atomic E-state index is 13.0. The number of carbonyl (C=O) groups is 2. The summed E-state index contributed by atoms with van der Waals surface area (Å²) in [5.41, 5.74) is 1.68. The van der Waals surface area contributed by atoms with Crippen LogP contribution in [0.25, 0.3) is 6.08 Å². The second-order valence-electron chi connectivity index (χ2n) is 7.32. The standard InChI is InChI=1S/C21H22FN5O2S/c22-16-3-1-14(2-4-16)12-23-13-15-6-9-27(10-7-15)20-24-8-5-17(25-20)11-18-19(28)26-21(29)30-18/h1-5,8,11,15,23H,6-7,9-10,12-13H2,(H,26,28,29)/b18-11-. The van der Waals surface area contributed by atoms with E-state index in [9.17, 15) is 14.0 Å². The predicted octanol–water partition coefficient (Wildman–Crippen LogP) is 2.95. The number of piperidine rings is 1. The number of anilines is 1. The average molecular weight is 428 g/mol. The van der Waals surface area contributed by atoms with E-state index in [1.165, 1.54) is 12.1 Å². The first-order valence-corrected chi connectivity index (χ1v) is 10.7. The van der Waals surface area contributed by atoms with E-state index >= 15 is 0 Å². The van der Waals surface area contributed by atoms with Crippen LogP contribution in [0, 0.1) is 11.7 Å². The van der Waals surface area contributed by atoms with Crippen molar-refractivity contribution in [1.29, 1.82) is 0 Å². The van der Waals surface area contributed by atoms with E-state index in [4.69, 9.17) is 0 Å². The number of rotatable bonds is 6. The Kier molecular flexibility index (Phi) is 6.39.